The predicted octanol–water partition coefficient (Wildman–Crippen LogP) is 2.85. The Bertz CT molecular complexity index is 1020. The van der Waals surface area contributed by atoms with Crippen LogP contribution >= 0.6 is 11.6 Å². The molecule has 1 aliphatic heterocycles. The number of benzene rings is 2. The summed E-state index contributed by atoms with van der Waals surface area (Å²) in [6.45, 7) is 2.31. The van der Waals surface area contributed by atoms with E-state index in [1.807, 2.05) is 6.07 Å². The average Bonchev–Trinajstić information content (AvgIpc) is 2.61. The number of sulfonamides is 2. The first-order valence-electron chi connectivity index (χ1n) is 8.09. The van der Waals surface area contributed by atoms with E-state index in [0.29, 0.717) is 23.7 Å². The number of hydrogen-bond acceptors (Lipinski definition) is 4. The van der Waals surface area contributed by atoms with Crippen molar-refractivity contribution in [2.45, 2.75) is 24.8 Å². The Hall–Kier alpha value is -1.61. The summed E-state index contributed by atoms with van der Waals surface area (Å²) >= 11 is 5.79. The first-order valence-corrected chi connectivity index (χ1v) is 11.6. The molecule has 1 heterocycles. The first kappa shape index (κ1) is 19.2. The SMILES string of the molecule is CCS(=O)(=O)N1CCc2ccc(NS(=O)(=O)c3ccc(Cl)cc3)cc2C1. The number of anilines is 1. The van der Waals surface area contributed by atoms with Gasteiger partial charge in [-0.25, -0.2) is 16.8 Å². The zero-order chi connectivity index (χ0) is 18.9. The van der Waals surface area contributed by atoms with E-state index < -0.39 is 20.0 Å². The van der Waals surface area contributed by atoms with Gasteiger partial charge in [-0.3, -0.25) is 4.72 Å². The van der Waals surface area contributed by atoms with Gasteiger partial charge in [-0.2, -0.15) is 4.31 Å². The maximum atomic E-state index is 12.5. The fourth-order valence-corrected chi connectivity index (χ4v) is 5.09. The molecule has 0 aliphatic carbocycles. The lowest BCUT2D eigenvalue weighted by atomic mass is 10.0. The number of nitrogens with zero attached hydrogens (tertiary/aromatic N) is 1. The van der Waals surface area contributed by atoms with Gasteiger partial charge in [-0.1, -0.05) is 17.7 Å². The number of rotatable bonds is 5. The lowest BCUT2D eigenvalue weighted by Gasteiger charge is -2.28. The van der Waals surface area contributed by atoms with Crippen molar-refractivity contribution < 1.29 is 16.8 Å². The fourth-order valence-electron chi connectivity index (χ4n) is 2.84. The van der Waals surface area contributed by atoms with E-state index in [-0.39, 0.29) is 17.2 Å². The molecule has 0 saturated carbocycles. The number of fused-ring (bicyclic) bond motifs is 1. The van der Waals surface area contributed by atoms with E-state index in [0.717, 1.165) is 11.1 Å². The Morgan fingerprint density at radius 1 is 1.04 bits per heavy atom. The Labute approximate surface area is 158 Å². The van der Waals surface area contributed by atoms with Gasteiger partial charge in [0.05, 0.1) is 10.6 Å². The zero-order valence-corrected chi connectivity index (χ0v) is 16.5. The molecule has 0 amide bonds. The monoisotopic (exact) mass is 414 g/mol. The van der Waals surface area contributed by atoms with Crippen LogP contribution in [0.2, 0.25) is 5.02 Å². The molecule has 2 aromatic carbocycles. The Kier molecular flexibility index (Phi) is 5.30. The van der Waals surface area contributed by atoms with Crippen LogP contribution in [0.1, 0.15) is 18.1 Å². The Balaban J connectivity index is 1.85. The second kappa shape index (κ2) is 7.19. The molecule has 1 aliphatic rings. The van der Waals surface area contributed by atoms with Crippen LogP contribution in [0.25, 0.3) is 0 Å². The van der Waals surface area contributed by atoms with Gasteiger partial charge in [0.1, 0.15) is 0 Å². The Morgan fingerprint density at radius 2 is 1.73 bits per heavy atom. The van der Waals surface area contributed by atoms with E-state index in [4.69, 9.17) is 11.6 Å². The van der Waals surface area contributed by atoms with E-state index in [1.54, 1.807) is 19.1 Å². The highest BCUT2D eigenvalue weighted by Gasteiger charge is 2.25. The molecule has 3 rings (SSSR count). The molecule has 2 aromatic rings. The van der Waals surface area contributed by atoms with Gasteiger partial charge < -0.3 is 0 Å². The van der Waals surface area contributed by atoms with E-state index in [9.17, 15) is 16.8 Å². The maximum Gasteiger partial charge on any atom is 0.261 e. The molecule has 140 valence electrons. The van der Waals surface area contributed by atoms with Crippen molar-refractivity contribution in [1.29, 1.82) is 0 Å². The van der Waals surface area contributed by atoms with E-state index in [2.05, 4.69) is 4.72 Å². The van der Waals surface area contributed by atoms with Crippen LogP contribution in [0.3, 0.4) is 0 Å². The molecule has 0 bridgehead atoms. The zero-order valence-electron chi connectivity index (χ0n) is 14.1. The van der Waals surface area contributed by atoms with Crippen molar-refractivity contribution in [2.75, 3.05) is 17.0 Å². The van der Waals surface area contributed by atoms with Crippen LogP contribution in [0.5, 0.6) is 0 Å². The smallest absolute Gasteiger partial charge is 0.261 e. The molecule has 0 unspecified atom stereocenters. The molecule has 6 nitrogen and oxygen atoms in total. The summed E-state index contributed by atoms with van der Waals surface area (Å²) in [4.78, 5) is 0.106. The number of hydrogen-bond donors (Lipinski definition) is 1. The summed E-state index contributed by atoms with van der Waals surface area (Å²) in [5, 5.41) is 0.454. The van der Waals surface area contributed by atoms with Gasteiger partial charge in [0.2, 0.25) is 10.0 Å². The van der Waals surface area contributed by atoms with Crippen LogP contribution < -0.4 is 4.72 Å². The minimum Gasteiger partial charge on any atom is -0.280 e. The number of nitrogens with one attached hydrogen (secondary N) is 1. The molecule has 0 spiro atoms. The van der Waals surface area contributed by atoms with Crippen molar-refractivity contribution in [3.05, 3.63) is 58.6 Å². The molecular weight excluding hydrogens is 396 g/mol. The summed E-state index contributed by atoms with van der Waals surface area (Å²) in [7, 11) is -7.02. The third-order valence-corrected chi connectivity index (χ3v) is 7.80. The molecule has 0 aromatic heterocycles. The summed E-state index contributed by atoms with van der Waals surface area (Å²) in [6.07, 6.45) is 0.610. The van der Waals surface area contributed by atoms with Gasteiger partial charge in [0.15, 0.2) is 0 Å². The lowest BCUT2D eigenvalue weighted by Crippen LogP contribution is -2.36. The van der Waals surface area contributed by atoms with E-state index >= 15 is 0 Å². The second-order valence-electron chi connectivity index (χ2n) is 6.03. The van der Waals surface area contributed by atoms with Crippen LogP contribution in [0.4, 0.5) is 5.69 Å². The standard InChI is InChI=1S/C17H19ClN2O4S2/c1-2-25(21,22)20-10-9-13-3-6-16(11-14(13)12-20)19-26(23,24)17-7-4-15(18)5-8-17/h3-8,11,19H,2,9-10,12H2,1H3. The van der Waals surface area contributed by atoms with Crippen molar-refractivity contribution >= 4 is 37.3 Å². The molecule has 0 atom stereocenters. The normalized spacial score (nSPS) is 15.5. The minimum atomic E-state index is -3.74. The lowest BCUT2D eigenvalue weighted by molar-refractivity contribution is 0.392. The largest absolute Gasteiger partial charge is 0.280 e. The molecule has 9 heteroatoms. The summed E-state index contributed by atoms with van der Waals surface area (Å²) in [5.74, 6) is 0.0468. The van der Waals surface area contributed by atoms with Gasteiger partial charge in [-0.15, -0.1) is 0 Å². The fraction of sp³-hybridized carbons (Fsp3) is 0.294. The molecule has 1 N–H and O–H groups in total. The third-order valence-electron chi connectivity index (χ3n) is 4.32. The quantitative estimate of drug-likeness (QED) is 0.815. The topological polar surface area (TPSA) is 83.6 Å². The summed E-state index contributed by atoms with van der Waals surface area (Å²) < 4.78 is 53.1. The summed E-state index contributed by atoms with van der Waals surface area (Å²) in [5.41, 5.74) is 2.24. The van der Waals surface area contributed by atoms with Crippen LogP contribution in [0, 0.1) is 0 Å². The van der Waals surface area contributed by atoms with Crippen molar-refractivity contribution in [2.24, 2.45) is 0 Å². The maximum absolute atomic E-state index is 12.5. The predicted molar refractivity (Wildman–Crippen MR) is 102 cm³/mol. The third kappa shape index (κ3) is 4.03. The Morgan fingerprint density at radius 3 is 2.38 bits per heavy atom. The molecule has 0 saturated heterocycles. The highest BCUT2D eigenvalue weighted by Crippen LogP contribution is 2.26. The van der Waals surface area contributed by atoms with Crippen molar-refractivity contribution in [1.82, 2.24) is 4.31 Å². The van der Waals surface area contributed by atoms with Gasteiger partial charge >= 0.3 is 0 Å². The molecular formula is C17H19ClN2O4S2. The molecule has 26 heavy (non-hydrogen) atoms. The highest BCUT2D eigenvalue weighted by molar-refractivity contribution is 7.92. The molecule has 0 radical (unpaired) electrons. The average molecular weight is 415 g/mol. The minimum absolute atomic E-state index is 0.0468. The second-order valence-corrected chi connectivity index (χ2v) is 10.4. The van der Waals surface area contributed by atoms with Crippen LogP contribution in [-0.4, -0.2) is 33.4 Å². The number of halogens is 1. The first-order chi connectivity index (χ1) is 12.2. The van der Waals surface area contributed by atoms with Gasteiger partial charge in [-0.05, 0) is 60.9 Å². The molecule has 0 fully saturated rings. The van der Waals surface area contributed by atoms with E-state index in [1.165, 1.54) is 28.6 Å². The van der Waals surface area contributed by atoms with Crippen molar-refractivity contribution in [3.8, 4) is 0 Å². The van der Waals surface area contributed by atoms with Gasteiger partial charge in [0, 0.05) is 23.8 Å². The van der Waals surface area contributed by atoms with Crippen LogP contribution in [-0.2, 0) is 33.0 Å². The van der Waals surface area contributed by atoms with Crippen molar-refractivity contribution in [3.63, 3.8) is 0 Å². The van der Waals surface area contributed by atoms with Gasteiger partial charge in [0.25, 0.3) is 10.0 Å². The highest BCUT2D eigenvalue weighted by atomic mass is 35.5. The van der Waals surface area contributed by atoms with Crippen LogP contribution in [0.15, 0.2) is 47.4 Å². The summed E-state index contributed by atoms with van der Waals surface area (Å²) in [6, 6.07) is 11.1.